The first-order valence-corrected chi connectivity index (χ1v) is 6.39. The molecule has 1 heterocycles. The van der Waals surface area contributed by atoms with E-state index in [0.29, 0.717) is 5.56 Å². The second-order valence-corrected chi connectivity index (χ2v) is 4.49. The van der Waals surface area contributed by atoms with Crippen molar-refractivity contribution in [3.8, 4) is 0 Å². The van der Waals surface area contributed by atoms with Crippen LogP contribution in [-0.4, -0.2) is 16.4 Å². The highest BCUT2D eigenvalue weighted by Gasteiger charge is 2.27. The number of hydrogen-bond acceptors (Lipinski definition) is 2. The fraction of sp³-hybridized carbons (Fsp3) is 0.538. The summed E-state index contributed by atoms with van der Waals surface area (Å²) in [5, 5.41) is 3.33. The lowest BCUT2D eigenvalue weighted by Gasteiger charge is -2.31. The van der Waals surface area contributed by atoms with Crippen molar-refractivity contribution < 1.29 is 4.79 Å². The predicted octanol–water partition coefficient (Wildman–Crippen LogP) is 3.43. The van der Waals surface area contributed by atoms with Gasteiger partial charge < -0.3 is 5.32 Å². The van der Waals surface area contributed by atoms with Gasteiger partial charge in [0, 0.05) is 11.7 Å². The molecule has 0 radical (unpaired) electrons. The maximum Gasteiger partial charge on any atom is 0.254 e. The van der Waals surface area contributed by atoms with Gasteiger partial charge in [-0.25, -0.2) is 4.98 Å². The zero-order valence-electron chi connectivity index (χ0n) is 10.6. The van der Waals surface area contributed by atoms with Gasteiger partial charge in [0.1, 0.15) is 5.15 Å². The van der Waals surface area contributed by atoms with Gasteiger partial charge >= 0.3 is 0 Å². The molecule has 0 aliphatic heterocycles. The van der Waals surface area contributed by atoms with Crippen molar-refractivity contribution in [1.82, 2.24) is 10.3 Å². The lowest BCUT2D eigenvalue weighted by Crippen LogP contribution is -2.47. The van der Waals surface area contributed by atoms with Crippen LogP contribution < -0.4 is 5.32 Å². The van der Waals surface area contributed by atoms with Crippen LogP contribution in [0, 0.1) is 0 Å². The van der Waals surface area contributed by atoms with Gasteiger partial charge in [-0.05, 0) is 31.4 Å². The molecule has 0 unspecified atom stereocenters. The average molecular weight is 255 g/mol. The number of carbonyl (C=O) groups is 1. The Bertz CT molecular complexity index is 380. The molecule has 1 aromatic rings. The molecular weight excluding hydrogens is 236 g/mol. The minimum Gasteiger partial charge on any atom is -0.347 e. The van der Waals surface area contributed by atoms with Crippen LogP contribution in [0.3, 0.4) is 0 Å². The molecule has 0 bridgehead atoms. The molecule has 0 spiro atoms. The highest BCUT2D eigenvalue weighted by Crippen LogP contribution is 2.21. The summed E-state index contributed by atoms with van der Waals surface area (Å²) in [6, 6.07) is 3.41. The lowest BCUT2D eigenvalue weighted by molar-refractivity contribution is 0.0888. The van der Waals surface area contributed by atoms with E-state index in [1.165, 1.54) is 0 Å². The molecule has 0 aliphatic rings. The van der Waals surface area contributed by atoms with Crippen LogP contribution in [0.15, 0.2) is 18.3 Å². The van der Waals surface area contributed by atoms with Crippen LogP contribution in [0.2, 0.25) is 5.15 Å². The summed E-state index contributed by atoms with van der Waals surface area (Å²) in [7, 11) is 0. The van der Waals surface area contributed by atoms with E-state index < -0.39 is 0 Å². The van der Waals surface area contributed by atoms with E-state index >= 15 is 0 Å². The summed E-state index contributed by atoms with van der Waals surface area (Å²) in [6.45, 7) is 6.24. The van der Waals surface area contributed by atoms with Crippen molar-refractivity contribution in [2.45, 2.75) is 45.6 Å². The van der Waals surface area contributed by atoms with Gasteiger partial charge in [0.25, 0.3) is 5.91 Å². The summed E-state index contributed by atoms with van der Waals surface area (Å²) in [6.07, 6.45) is 4.29. The predicted molar refractivity (Wildman–Crippen MR) is 70.3 cm³/mol. The molecular formula is C13H19ClN2O. The minimum absolute atomic E-state index is 0.143. The molecule has 3 nitrogen and oxygen atoms in total. The summed E-state index contributed by atoms with van der Waals surface area (Å²) in [5.74, 6) is -0.145. The molecule has 1 N–H and O–H groups in total. The molecule has 1 amide bonds. The van der Waals surface area contributed by atoms with Gasteiger partial charge in [-0.15, -0.1) is 0 Å². The zero-order chi connectivity index (χ0) is 12.9. The Morgan fingerprint density at radius 3 is 2.41 bits per heavy atom. The largest absolute Gasteiger partial charge is 0.347 e. The second kappa shape index (κ2) is 6.01. The third-order valence-corrected chi connectivity index (χ3v) is 3.71. The Morgan fingerprint density at radius 2 is 1.94 bits per heavy atom. The first-order valence-electron chi connectivity index (χ1n) is 6.01. The molecule has 0 aromatic carbocycles. The van der Waals surface area contributed by atoms with Gasteiger partial charge in [-0.1, -0.05) is 32.4 Å². The monoisotopic (exact) mass is 254 g/mol. The number of pyridine rings is 1. The number of halogens is 1. The fourth-order valence-corrected chi connectivity index (χ4v) is 2.08. The van der Waals surface area contributed by atoms with E-state index in [4.69, 9.17) is 11.6 Å². The fourth-order valence-electron chi connectivity index (χ4n) is 1.88. The molecule has 0 aliphatic carbocycles. The molecule has 0 atom stereocenters. The van der Waals surface area contributed by atoms with Crippen LogP contribution in [-0.2, 0) is 0 Å². The molecule has 1 aromatic heterocycles. The average Bonchev–Trinajstić information content (AvgIpc) is 2.36. The Balaban J connectivity index is 2.89. The van der Waals surface area contributed by atoms with Crippen molar-refractivity contribution in [2.75, 3.05) is 0 Å². The number of nitrogens with zero attached hydrogens (tertiary/aromatic N) is 1. The molecule has 0 saturated carbocycles. The van der Waals surface area contributed by atoms with E-state index in [9.17, 15) is 4.79 Å². The maximum atomic E-state index is 12.1. The molecule has 4 heteroatoms. The van der Waals surface area contributed by atoms with Gasteiger partial charge in [0.05, 0.1) is 5.56 Å². The van der Waals surface area contributed by atoms with Crippen molar-refractivity contribution in [3.63, 3.8) is 0 Å². The standard InChI is InChI=1S/C13H19ClN2O/c1-4-13(5-2,6-3)16-12(17)10-8-7-9-15-11(10)14/h7-9H,4-6H2,1-3H3,(H,16,17). The van der Waals surface area contributed by atoms with E-state index in [1.54, 1.807) is 18.3 Å². The summed E-state index contributed by atoms with van der Waals surface area (Å²) < 4.78 is 0. The van der Waals surface area contributed by atoms with Crippen LogP contribution in [0.4, 0.5) is 0 Å². The van der Waals surface area contributed by atoms with Crippen LogP contribution in [0.1, 0.15) is 50.4 Å². The topological polar surface area (TPSA) is 42.0 Å². The van der Waals surface area contributed by atoms with Crippen LogP contribution in [0.25, 0.3) is 0 Å². The van der Waals surface area contributed by atoms with E-state index in [2.05, 4.69) is 31.1 Å². The smallest absolute Gasteiger partial charge is 0.254 e. The number of carbonyl (C=O) groups excluding carboxylic acids is 1. The normalized spacial score (nSPS) is 11.3. The number of rotatable bonds is 5. The Labute approximate surface area is 108 Å². The highest BCUT2D eigenvalue weighted by molar-refractivity contribution is 6.32. The van der Waals surface area contributed by atoms with Crippen molar-refractivity contribution in [2.24, 2.45) is 0 Å². The summed E-state index contributed by atoms with van der Waals surface area (Å²) in [5.41, 5.74) is 0.296. The maximum absolute atomic E-state index is 12.1. The van der Waals surface area contributed by atoms with Crippen LogP contribution in [0.5, 0.6) is 0 Å². The SMILES string of the molecule is CCC(CC)(CC)NC(=O)c1cccnc1Cl. The van der Waals surface area contributed by atoms with E-state index in [1.807, 2.05) is 0 Å². The lowest BCUT2D eigenvalue weighted by atomic mass is 9.89. The third-order valence-electron chi connectivity index (χ3n) is 3.41. The zero-order valence-corrected chi connectivity index (χ0v) is 11.3. The number of nitrogens with one attached hydrogen (secondary N) is 1. The molecule has 0 saturated heterocycles. The summed E-state index contributed by atoms with van der Waals surface area (Å²) >= 11 is 5.91. The third kappa shape index (κ3) is 3.19. The van der Waals surface area contributed by atoms with Gasteiger partial charge in [0.15, 0.2) is 0 Å². The minimum atomic E-state index is -0.145. The second-order valence-electron chi connectivity index (χ2n) is 4.14. The molecule has 0 fully saturated rings. The molecule has 17 heavy (non-hydrogen) atoms. The number of amides is 1. The molecule has 94 valence electrons. The Morgan fingerprint density at radius 1 is 1.35 bits per heavy atom. The summed E-state index contributed by atoms with van der Waals surface area (Å²) in [4.78, 5) is 16.0. The van der Waals surface area contributed by atoms with Gasteiger partial charge in [-0.3, -0.25) is 4.79 Å². The van der Waals surface area contributed by atoms with E-state index in [0.717, 1.165) is 19.3 Å². The van der Waals surface area contributed by atoms with Crippen LogP contribution >= 0.6 is 11.6 Å². The molecule has 1 rings (SSSR count). The van der Waals surface area contributed by atoms with Crippen molar-refractivity contribution >= 4 is 17.5 Å². The van der Waals surface area contributed by atoms with Gasteiger partial charge in [-0.2, -0.15) is 0 Å². The van der Waals surface area contributed by atoms with Crippen molar-refractivity contribution in [3.05, 3.63) is 29.0 Å². The first-order chi connectivity index (χ1) is 8.08. The van der Waals surface area contributed by atoms with E-state index in [-0.39, 0.29) is 16.6 Å². The Hall–Kier alpha value is -1.09. The number of hydrogen-bond donors (Lipinski definition) is 1. The quantitative estimate of drug-likeness (QED) is 0.818. The first kappa shape index (κ1) is 14.0. The number of aromatic nitrogens is 1. The highest BCUT2D eigenvalue weighted by atomic mass is 35.5. The van der Waals surface area contributed by atoms with Gasteiger partial charge in [0.2, 0.25) is 0 Å². The Kier molecular flexibility index (Phi) is 4.94. The van der Waals surface area contributed by atoms with Crippen molar-refractivity contribution in [1.29, 1.82) is 0 Å².